The molecule has 0 N–H and O–H groups in total. The molecule has 0 aromatic heterocycles. The van der Waals surface area contributed by atoms with Gasteiger partial charge in [0.15, 0.2) is 24.6 Å². The van der Waals surface area contributed by atoms with Crippen molar-refractivity contribution in [3.05, 3.63) is 72.8 Å². The van der Waals surface area contributed by atoms with Crippen molar-refractivity contribution in [3.8, 4) is 0 Å². The quantitative estimate of drug-likeness (QED) is 0.113. The smallest absolute Gasteiger partial charge is 0.303 e. The minimum absolute atomic E-state index is 0.173. The number of carbonyl (C=O) groups is 5. The molecule has 51 heavy (non-hydrogen) atoms. The fraction of sp³-hybridized carbons (Fsp3) is 0.472. The van der Waals surface area contributed by atoms with Crippen LogP contribution in [-0.2, 0) is 61.9 Å². The van der Waals surface area contributed by atoms with Crippen LogP contribution in [0.25, 0.3) is 0 Å². The Morgan fingerprint density at radius 2 is 1.14 bits per heavy atom. The Bertz CT molecular complexity index is 1470. The number of hydrogen-bond acceptors (Lipinski definition) is 14. The minimum atomic E-state index is -1.44. The zero-order chi connectivity index (χ0) is 36.9. The molecular weight excluding hydrogens is 703 g/mol. The zero-order valence-corrected chi connectivity index (χ0v) is 30.7. The molecule has 0 bridgehead atoms. The van der Waals surface area contributed by atoms with E-state index in [-0.39, 0.29) is 6.61 Å². The highest BCUT2D eigenvalue weighted by Crippen LogP contribution is 2.36. The van der Waals surface area contributed by atoms with E-state index in [1.165, 1.54) is 24.5 Å². The van der Waals surface area contributed by atoms with Gasteiger partial charge in [-0.3, -0.25) is 24.0 Å². The monoisotopic (exact) mass is 746 g/mol. The van der Waals surface area contributed by atoms with E-state index in [0.29, 0.717) is 0 Å². The second-order valence-electron chi connectivity index (χ2n) is 11.6. The molecule has 1 fully saturated rings. The van der Waals surface area contributed by atoms with Crippen molar-refractivity contribution in [2.24, 2.45) is 0 Å². The number of benzene rings is 2. The van der Waals surface area contributed by atoms with Crippen molar-refractivity contribution >= 4 is 60.1 Å². The molecular formula is C36H43O13PS. The number of hydrogen-bond donors (Lipinski definition) is 0. The molecule has 0 unspecified atom stereocenters. The van der Waals surface area contributed by atoms with E-state index in [1.54, 1.807) is 17.8 Å². The normalized spacial score (nSPS) is 25.8. The number of ether oxygens (including phenoxy) is 8. The number of carbonyl (C=O) groups excluding carboxylic acids is 5. The van der Waals surface area contributed by atoms with Gasteiger partial charge in [-0.05, 0) is 30.8 Å². The lowest BCUT2D eigenvalue weighted by molar-refractivity contribution is -0.320. The van der Waals surface area contributed by atoms with Crippen LogP contribution in [0.4, 0.5) is 0 Å². The van der Waals surface area contributed by atoms with Gasteiger partial charge in [0, 0.05) is 40.4 Å². The first-order chi connectivity index (χ1) is 24.4. The van der Waals surface area contributed by atoms with Crippen LogP contribution in [0.3, 0.4) is 0 Å². The van der Waals surface area contributed by atoms with Crippen LogP contribution in [-0.4, -0.2) is 103 Å². The molecule has 2 heterocycles. The SMILES string of the molecule is CC(=O)OC[C@H]1O[C@H](O[C@H]2C=C[C@@H](SCCP(c3ccccc3)c3ccccc3)O[C@@H]2COC(C)=O)[C@H](OC(C)=O)[C@@H](OC(C)=O)[C@@H]1OC(C)=O. The predicted molar refractivity (Wildman–Crippen MR) is 188 cm³/mol. The third kappa shape index (κ3) is 12.4. The summed E-state index contributed by atoms with van der Waals surface area (Å²) in [5, 5.41) is 2.54. The van der Waals surface area contributed by atoms with E-state index >= 15 is 0 Å². The molecule has 0 spiro atoms. The van der Waals surface area contributed by atoms with E-state index in [9.17, 15) is 24.0 Å². The first kappa shape index (κ1) is 40.0. The zero-order valence-electron chi connectivity index (χ0n) is 29.0. The average Bonchev–Trinajstić information content (AvgIpc) is 3.08. The summed E-state index contributed by atoms with van der Waals surface area (Å²) in [6, 6.07) is 20.7. The Morgan fingerprint density at radius 3 is 1.67 bits per heavy atom. The summed E-state index contributed by atoms with van der Waals surface area (Å²) in [5.41, 5.74) is -0.413. The van der Waals surface area contributed by atoms with Gasteiger partial charge < -0.3 is 37.9 Å². The molecule has 0 aliphatic carbocycles. The van der Waals surface area contributed by atoms with E-state index in [2.05, 4.69) is 24.3 Å². The molecule has 13 nitrogen and oxygen atoms in total. The Hall–Kier alpha value is -3.81. The van der Waals surface area contributed by atoms with Crippen LogP contribution in [0.2, 0.25) is 0 Å². The van der Waals surface area contributed by atoms with Crippen LogP contribution >= 0.6 is 19.7 Å². The Morgan fingerprint density at radius 1 is 0.627 bits per heavy atom. The van der Waals surface area contributed by atoms with Gasteiger partial charge in [0.2, 0.25) is 0 Å². The molecule has 8 atom stereocenters. The van der Waals surface area contributed by atoms with Crippen molar-refractivity contribution in [2.75, 3.05) is 25.1 Å². The Balaban J connectivity index is 1.55. The van der Waals surface area contributed by atoms with Crippen molar-refractivity contribution in [2.45, 2.75) is 83.0 Å². The molecule has 4 rings (SSSR count). The standard InChI is InChI=1S/C36H43O13PS/c1-22(37)42-20-30-29(16-17-32(47-30)51-19-18-50(27-12-8-6-9-13-27)28-14-10-7-11-15-28)48-36-35(46-26(5)41)34(45-25(4)40)33(44-24(3)39)31(49-36)21-43-23(2)38/h6-17,29-36H,18-21H2,1-5H3/t29-,30+,31+,32+,33+,34-,35+,36-/m0/s1. The molecule has 2 aliphatic rings. The van der Waals surface area contributed by atoms with Gasteiger partial charge >= 0.3 is 29.8 Å². The summed E-state index contributed by atoms with van der Waals surface area (Å²) in [7, 11) is -0.621. The van der Waals surface area contributed by atoms with Crippen LogP contribution in [0.5, 0.6) is 0 Å². The molecule has 0 amide bonds. The van der Waals surface area contributed by atoms with Crippen LogP contribution in [0, 0.1) is 0 Å². The lowest BCUT2D eigenvalue weighted by atomic mass is 9.98. The maximum Gasteiger partial charge on any atom is 0.303 e. The largest absolute Gasteiger partial charge is 0.463 e. The summed E-state index contributed by atoms with van der Waals surface area (Å²) < 4.78 is 45.7. The van der Waals surface area contributed by atoms with Gasteiger partial charge in [-0.2, -0.15) is 0 Å². The molecule has 0 radical (unpaired) electrons. The maximum atomic E-state index is 12.3. The van der Waals surface area contributed by atoms with Crippen molar-refractivity contribution in [1.82, 2.24) is 0 Å². The summed E-state index contributed by atoms with van der Waals surface area (Å²) in [6.07, 6.45) is -4.07. The third-order valence-corrected chi connectivity index (χ3v) is 11.4. The molecule has 2 aliphatic heterocycles. The van der Waals surface area contributed by atoms with Gasteiger partial charge in [-0.1, -0.05) is 66.7 Å². The molecule has 2 aromatic carbocycles. The Kier molecular flexibility index (Phi) is 15.4. The van der Waals surface area contributed by atoms with Gasteiger partial charge in [-0.15, -0.1) is 11.8 Å². The molecule has 2 aromatic rings. The van der Waals surface area contributed by atoms with Gasteiger partial charge in [0.25, 0.3) is 0 Å². The van der Waals surface area contributed by atoms with Crippen molar-refractivity contribution in [3.63, 3.8) is 0 Å². The number of rotatable bonds is 15. The summed E-state index contributed by atoms with van der Waals surface area (Å²) in [5.74, 6) is -2.68. The lowest BCUT2D eigenvalue weighted by Gasteiger charge is -2.45. The fourth-order valence-corrected chi connectivity index (χ4v) is 9.20. The number of thioether (sulfide) groups is 1. The topological polar surface area (TPSA) is 159 Å². The average molecular weight is 747 g/mol. The van der Waals surface area contributed by atoms with Crippen molar-refractivity contribution < 1.29 is 61.9 Å². The number of esters is 5. The molecule has 15 heteroatoms. The van der Waals surface area contributed by atoms with Gasteiger partial charge in [0.1, 0.15) is 37.0 Å². The summed E-state index contributed by atoms with van der Waals surface area (Å²) in [4.78, 5) is 60.1. The highest BCUT2D eigenvalue weighted by molar-refractivity contribution is 8.00. The van der Waals surface area contributed by atoms with Crippen LogP contribution < -0.4 is 10.6 Å². The van der Waals surface area contributed by atoms with E-state index < -0.39 is 92.7 Å². The lowest BCUT2D eigenvalue weighted by Crippen LogP contribution is -2.63. The Labute approximate surface area is 302 Å². The first-order valence-corrected chi connectivity index (χ1v) is 18.9. The maximum absolute atomic E-state index is 12.3. The molecule has 1 saturated heterocycles. The van der Waals surface area contributed by atoms with Gasteiger partial charge in [-0.25, -0.2) is 0 Å². The van der Waals surface area contributed by atoms with Crippen molar-refractivity contribution in [1.29, 1.82) is 0 Å². The predicted octanol–water partition coefficient (Wildman–Crippen LogP) is 3.17. The van der Waals surface area contributed by atoms with Crippen LogP contribution in [0.1, 0.15) is 34.6 Å². The van der Waals surface area contributed by atoms with Gasteiger partial charge in [0.05, 0.1) is 0 Å². The third-order valence-electron chi connectivity index (χ3n) is 7.56. The highest BCUT2D eigenvalue weighted by atomic mass is 32.2. The van der Waals surface area contributed by atoms with E-state index in [0.717, 1.165) is 32.7 Å². The molecule has 276 valence electrons. The first-order valence-electron chi connectivity index (χ1n) is 16.3. The minimum Gasteiger partial charge on any atom is -0.463 e. The second-order valence-corrected chi connectivity index (χ2v) is 15.1. The highest BCUT2D eigenvalue weighted by Gasteiger charge is 2.53. The van der Waals surface area contributed by atoms with Crippen LogP contribution in [0.15, 0.2) is 72.8 Å². The fourth-order valence-electron chi connectivity index (χ4n) is 5.52. The summed E-state index contributed by atoms with van der Waals surface area (Å²) >= 11 is 1.59. The summed E-state index contributed by atoms with van der Waals surface area (Å²) in [6.45, 7) is 5.30. The second kappa shape index (κ2) is 19.7. The van der Waals surface area contributed by atoms with E-state index in [4.69, 9.17) is 37.9 Å². The van der Waals surface area contributed by atoms with E-state index in [1.807, 2.05) is 42.5 Å². The molecule has 0 saturated carbocycles.